The van der Waals surface area contributed by atoms with Crippen LogP contribution < -0.4 is 26.0 Å². The van der Waals surface area contributed by atoms with Gasteiger partial charge in [0.2, 0.25) is 6.41 Å². The molecule has 0 bridgehead atoms. The number of carbonyl (C=O) groups is 3. The Balaban J connectivity index is 1.65. The van der Waals surface area contributed by atoms with Crippen LogP contribution in [0.5, 0.6) is 11.5 Å². The zero-order valence-corrected chi connectivity index (χ0v) is 22.0. The van der Waals surface area contributed by atoms with Crippen LogP contribution in [0.4, 0.5) is 26.7 Å². The monoisotopic (exact) mass is 552 g/mol. The van der Waals surface area contributed by atoms with E-state index < -0.39 is 18.3 Å². The van der Waals surface area contributed by atoms with Crippen LogP contribution >= 0.6 is 0 Å². The largest absolute Gasteiger partial charge is 0.506 e. The average molecular weight is 553 g/mol. The highest BCUT2D eigenvalue weighted by Gasteiger charge is 2.16. The standard InChI is InChI=1S/C28H32N4O8/c1-38-27(36)31-20-7-3-18(4-8-20)24(19-5-9-21(10-6-19)32-28(37)39-2)15-29-14-22(34)16-40-23-11-12-26(35)25(13-23)30-17-33/h3-13,17,22,24,29,34-35H,14-16H2,1-2H3,(H,30,33)(H,31,36)(H,32,37). The van der Waals surface area contributed by atoms with Gasteiger partial charge >= 0.3 is 12.2 Å². The number of aromatic hydroxyl groups is 1. The number of aliphatic hydroxyl groups is 1. The molecule has 3 aromatic carbocycles. The number of anilines is 3. The molecule has 6 N–H and O–H groups in total. The number of rotatable bonds is 13. The third kappa shape index (κ3) is 8.89. The van der Waals surface area contributed by atoms with Crippen molar-refractivity contribution in [1.82, 2.24) is 5.32 Å². The number of phenols is 1. The van der Waals surface area contributed by atoms with E-state index in [0.29, 0.717) is 30.1 Å². The fraction of sp³-hybridized carbons (Fsp3) is 0.250. The molecule has 12 heteroatoms. The molecule has 0 radical (unpaired) electrons. The van der Waals surface area contributed by atoms with E-state index in [9.17, 15) is 24.6 Å². The minimum absolute atomic E-state index is 0.0231. The van der Waals surface area contributed by atoms with Gasteiger partial charge in [0.15, 0.2) is 0 Å². The Morgan fingerprint density at radius 3 is 1.90 bits per heavy atom. The van der Waals surface area contributed by atoms with E-state index in [1.165, 1.54) is 32.4 Å². The van der Waals surface area contributed by atoms with Gasteiger partial charge in [-0.15, -0.1) is 0 Å². The summed E-state index contributed by atoms with van der Waals surface area (Å²) in [5, 5.41) is 31.1. The molecular weight excluding hydrogens is 520 g/mol. The van der Waals surface area contributed by atoms with Crippen molar-refractivity contribution >= 4 is 35.7 Å². The molecule has 0 saturated heterocycles. The van der Waals surface area contributed by atoms with Gasteiger partial charge in [-0.1, -0.05) is 24.3 Å². The van der Waals surface area contributed by atoms with Gasteiger partial charge in [-0.2, -0.15) is 0 Å². The molecule has 0 aliphatic carbocycles. The van der Waals surface area contributed by atoms with Crippen molar-refractivity contribution in [3.8, 4) is 11.5 Å². The number of phenolic OH excluding ortho intramolecular Hbond substituents is 1. The normalized spacial score (nSPS) is 11.3. The van der Waals surface area contributed by atoms with Crippen LogP contribution in [0.25, 0.3) is 0 Å². The van der Waals surface area contributed by atoms with Crippen LogP contribution in [-0.2, 0) is 14.3 Å². The van der Waals surface area contributed by atoms with Gasteiger partial charge in [-0.25, -0.2) is 9.59 Å². The third-order valence-electron chi connectivity index (χ3n) is 5.84. The van der Waals surface area contributed by atoms with Crippen molar-refractivity contribution in [3.63, 3.8) is 0 Å². The lowest BCUT2D eigenvalue weighted by molar-refractivity contribution is -0.105. The van der Waals surface area contributed by atoms with E-state index in [1.807, 2.05) is 24.3 Å². The van der Waals surface area contributed by atoms with Crippen LogP contribution in [0, 0.1) is 0 Å². The van der Waals surface area contributed by atoms with Crippen LogP contribution in [0.15, 0.2) is 66.7 Å². The van der Waals surface area contributed by atoms with Crippen molar-refractivity contribution in [2.45, 2.75) is 12.0 Å². The summed E-state index contributed by atoms with van der Waals surface area (Å²) < 4.78 is 14.9. The van der Waals surface area contributed by atoms with Crippen molar-refractivity contribution < 1.29 is 38.8 Å². The summed E-state index contributed by atoms with van der Waals surface area (Å²) >= 11 is 0. The van der Waals surface area contributed by atoms with Gasteiger partial charge in [0, 0.05) is 36.4 Å². The van der Waals surface area contributed by atoms with Gasteiger partial charge in [0.1, 0.15) is 24.2 Å². The van der Waals surface area contributed by atoms with E-state index in [4.69, 9.17) is 4.74 Å². The highest BCUT2D eigenvalue weighted by molar-refractivity contribution is 5.85. The number of aliphatic hydroxyl groups excluding tert-OH is 1. The second-order valence-corrected chi connectivity index (χ2v) is 8.59. The molecule has 40 heavy (non-hydrogen) atoms. The van der Waals surface area contributed by atoms with Crippen LogP contribution in [0.2, 0.25) is 0 Å². The summed E-state index contributed by atoms with van der Waals surface area (Å²) in [4.78, 5) is 33.7. The van der Waals surface area contributed by atoms with Gasteiger partial charge in [-0.3, -0.25) is 15.4 Å². The second kappa shape index (κ2) is 15.0. The quantitative estimate of drug-likeness (QED) is 0.137. The molecule has 1 atom stereocenters. The van der Waals surface area contributed by atoms with Crippen LogP contribution in [0.3, 0.4) is 0 Å². The molecule has 212 valence electrons. The first-order valence-corrected chi connectivity index (χ1v) is 12.3. The first-order valence-electron chi connectivity index (χ1n) is 12.3. The number of methoxy groups -OCH3 is 2. The maximum atomic E-state index is 11.5. The number of ether oxygens (including phenoxy) is 3. The van der Waals surface area contributed by atoms with Gasteiger partial charge in [-0.05, 0) is 47.5 Å². The molecular formula is C28H32N4O8. The minimum Gasteiger partial charge on any atom is -0.506 e. The number of nitrogens with one attached hydrogen (secondary N) is 4. The molecule has 3 rings (SSSR count). The highest BCUT2D eigenvalue weighted by Crippen LogP contribution is 2.28. The molecule has 0 fully saturated rings. The highest BCUT2D eigenvalue weighted by atomic mass is 16.5. The van der Waals surface area contributed by atoms with Crippen molar-refractivity contribution in [2.24, 2.45) is 0 Å². The van der Waals surface area contributed by atoms with Crippen molar-refractivity contribution in [1.29, 1.82) is 0 Å². The van der Waals surface area contributed by atoms with E-state index in [1.54, 1.807) is 24.3 Å². The van der Waals surface area contributed by atoms with E-state index in [-0.39, 0.29) is 30.5 Å². The fourth-order valence-corrected chi connectivity index (χ4v) is 3.79. The van der Waals surface area contributed by atoms with Crippen molar-refractivity contribution in [3.05, 3.63) is 77.9 Å². The molecule has 0 aromatic heterocycles. The number of benzene rings is 3. The Hall–Kier alpha value is -4.81. The Kier molecular flexibility index (Phi) is 11.1. The summed E-state index contributed by atoms with van der Waals surface area (Å²) in [5.74, 6) is 0.137. The lowest BCUT2D eigenvalue weighted by Crippen LogP contribution is -2.34. The Morgan fingerprint density at radius 1 is 0.850 bits per heavy atom. The van der Waals surface area contributed by atoms with Crippen LogP contribution in [-0.4, -0.2) is 68.8 Å². The number of hydrogen-bond acceptors (Lipinski definition) is 9. The first-order chi connectivity index (χ1) is 19.3. The molecule has 1 unspecified atom stereocenters. The Morgan fingerprint density at radius 2 is 1.40 bits per heavy atom. The molecule has 0 heterocycles. The van der Waals surface area contributed by atoms with Gasteiger partial charge < -0.3 is 35.1 Å². The lowest BCUT2D eigenvalue weighted by atomic mass is 9.91. The summed E-state index contributed by atoms with van der Waals surface area (Å²) in [6.45, 7) is 0.653. The SMILES string of the molecule is COC(=O)Nc1ccc(C(CNCC(O)COc2ccc(O)c(NC=O)c2)c2ccc(NC(=O)OC)cc2)cc1. The molecule has 3 amide bonds. The molecule has 12 nitrogen and oxygen atoms in total. The second-order valence-electron chi connectivity index (χ2n) is 8.59. The summed E-state index contributed by atoms with van der Waals surface area (Å²) in [7, 11) is 2.58. The Labute approximate surface area is 231 Å². The zero-order valence-electron chi connectivity index (χ0n) is 22.0. The zero-order chi connectivity index (χ0) is 28.9. The number of amides is 3. The first kappa shape index (κ1) is 29.7. The van der Waals surface area contributed by atoms with E-state index in [0.717, 1.165) is 11.1 Å². The van der Waals surface area contributed by atoms with Crippen LogP contribution in [0.1, 0.15) is 17.0 Å². The predicted molar refractivity (Wildman–Crippen MR) is 149 cm³/mol. The topological polar surface area (TPSA) is 167 Å². The number of carbonyl (C=O) groups excluding carboxylic acids is 3. The molecule has 0 spiro atoms. The maximum absolute atomic E-state index is 11.5. The molecule has 0 aliphatic heterocycles. The number of hydrogen-bond donors (Lipinski definition) is 6. The summed E-state index contributed by atoms with van der Waals surface area (Å²) in [6.07, 6.45) is -1.55. The van der Waals surface area contributed by atoms with Crippen molar-refractivity contribution in [2.75, 3.05) is 49.9 Å². The minimum atomic E-state index is -0.852. The maximum Gasteiger partial charge on any atom is 0.411 e. The van der Waals surface area contributed by atoms with E-state index in [2.05, 4.69) is 30.7 Å². The van der Waals surface area contributed by atoms with E-state index >= 15 is 0 Å². The molecule has 3 aromatic rings. The smallest absolute Gasteiger partial charge is 0.411 e. The van der Waals surface area contributed by atoms with Gasteiger partial charge in [0.25, 0.3) is 0 Å². The average Bonchev–Trinajstić information content (AvgIpc) is 2.97. The predicted octanol–water partition coefficient (Wildman–Crippen LogP) is 3.48. The third-order valence-corrected chi connectivity index (χ3v) is 5.84. The molecule has 0 aliphatic rings. The lowest BCUT2D eigenvalue weighted by Gasteiger charge is -2.21. The Bertz CT molecular complexity index is 1210. The fourth-order valence-electron chi connectivity index (χ4n) is 3.79. The molecule has 0 saturated carbocycles. The summed E-state index contributed by atoms with van der Waals surface area (Å²) in [5.41, 5.74) is 3.24. The summed E-state index contributed by atoms with van der Waals surface area (Å²) in [6, 6.07) is 19.0. The van der Waals surface area contributed by atoms with Gasteiger partial charge in [0.05, 0.1) is 19.9 Å².